The van der Waals surface area contributed by atoms with Crippen molar-refractivity contribution in [3.05, 3.63) is 45.5 Å². The van der Waals surface area contributed by atoms with E-state index in [2.05, 4.69) is 22.2 Å². The number of nitrogens with zero attached hydrogens (tertiary/aromatic N) is 4. The second-order valence-corrected chi connectivity index (χ2v) is 9.05. The number of nitrogens with one attached hydrogen (secondary N) is 1. The minimum atomic E-state index is -0.0657. The quantitative estimate of drug-likeness (QED) is 0.742. The van der Waals surface area contributed by atoms with Crippen molar-refractivity contribution >= 4 is 11.6 Å². The fraction of sp³-hybridized carbons (Fsp3) is 0.609. The third kappa shape index (κ3) is 3.94. The standard InChI is InChI=1S/C23H31N5O3/c1-31-15-22(29)27-11-9-17-19(14-27)24-21-12-18(25-28(21)23(17)30)20-8-5-10-26(20)13-16-6-3-2-4-7-16/h2-3,12,16,20,25H,4-11,13-15H2,1H3/t16-,20+/m1/s1. The van der Waals surface area contributed by atoms with E-state index in [-0.39, 0.29) is 18.1 Å². The zero-order valence-electron chi connectivity index (χ0n) is 18.2. The average molecular weight is 426 g/mol. The molecular weight excluding hydrogens is 394 g/mol. The largest absolute Gasteiger partial charge is 0.375 e. The van der Waals surface area contributed by atoms with Gasteiger partial charge in [-0.25, -0.2) is 9.50 Å². The Morgan fingerprint density at radius 1 is 1.29 bits per heavy atom. The van der Waals surface area contributed by atoms with Crippen LogP contribution in [0.15, 0.2) is 23.0 Å². The number of carbonyl (C=O) groups is 1. The number of hydrogen-bond acceptors (Lipinski definition) is 5. The summed E-state index contributed by atoms with van der Waals surface area (Å²) in [6.07, 6.45) is 11.0. The summed E-state index contributed by atoms with van der Waals surface area (Å²) in [5.41, 5.74) is 3.11. The SMILES string of the molecule is COCC(=O)N1CCc2c(nc3cc([C@@H]4CCCN4C[C@@H]4CC=CCC4)[nH]n3c2=O)C1. The fourth-order valence-electron chi connectivity index (χ4n) is 5.36. The van der Waals surface area contributed by atoms with Crippen molar-refractivity contribution in [3.8, 4) is 0 Å². The van der Waals surface area contributed by atoms with Gasteiger partial charge in [0.2, 0.25) is 5.91 Å². The van der Waals surface area contributed by atoms with E-state index in [1.54, 1.807) is 9.42 Å². The number of likely N-dealkylation sites (tertiary alicyclic amines) is 1. The first-order valence-electron chi connectivity index (χ1n) is 11.4. The first-order valence-corrected chi connectivity index (χ1v) is 11.4. The number of carbonyl (C=O) groups excluding carboxylic acids is 1. The molecule has 0 saturated carbocycles. The number of ether oxygens (including phenoxy) is 1. The lowest BCUT2D eigenvalue weighted by Gasteiger charge is -2.29. The van der Waals surface area contributed by atoms with Gasteiger partial charge in [0.1, 0.15) is 6.61 Å². The van der Waals surface area contributed by atoms with Gasteiger partial charge < -0.3 is 9.64 Å². The molecule has 0 aromatic carbocycles. The van der Waals surface area contributed by atoms with E-state index < -0.39 is 0 Å². The van der Waals surface area contributed by atoms with Gasteiger partial charge in [0.05, 0.1) is 24.0 Å². The summed E-state index contributed by atoms with van der Waals surface area (Å²) in [6.45, 7) is 3.17. The highest BCUT2D eigenvalue weighted by atomic mass is 16.5. The molecule has 1 N–H and O–H groups in total. The van der Waals surface area contributed by atoms with Gasteiger partial charge in [-0.1, -0.05) is 12.2 Å². The second-order valence-electron chi connectivity index (χ2n) is 9.05. The van der Waals surface area contributed by atoms with E-state index in [0.717, 1.165) is 31.1 Å². The van der Waals surface area contributed by atoms with Gasteiger partial charge in [-0.3, -0.25) is 19.6 Å². The van der Waals surface area contributed by atoms with E-state index in [4.69, 9.17) is 9.72 Å². The van der Waals surface area contributed by atoms with Gasteiger partial charge in [0.15, 0.2) is 5.65 Å². The lowest BCUT2D eigenvalue weighted by Crippen LogP contribution is -2.41. The van der Waals surface area contributed by atoms with Crippen LogP contribution in [0.3, 0.4) is 0 Å². The number of amides is 1. The van der Waals surface area contributed by atoms with Crippen LogP contribution < -0.4 is 5.56 Å². The number of allylic oxidation sites excluding steroid dienone is 2. The maximum Gasteiger partial charge on any atom is 0.276 e. The molecule has 2 aromatic heterocycles. The number of aromatic amines is 1. The minimum Gasteiger partial charge on any atom is -0.375 e. The zero-order chi connectivity index (χ0) is 21.4. The van der Waals surface area contributed by atoms with Crippen LogP contribution in [0.2, 0.25) is 0 Å². The van der Waals surface area contributed by atoms with Gasteiger partial charge >= 0.3 is 0 Å². The molecule has 1 fully saturated rings. The number of fused-ring (bicyclic) bond motifs is 2. The molecule has 8 nitrogen and oxygen atoms in total. The summed E-state index contributed by atoms with van der Waals surface area (Å²) in [5, 5.41) is 3.36. The van der Waals surface area contributed by atoms with Crippen molar-refractivity contribution in [2.75, 3.05) is 33.4 Å². The molecule has 0 radical (unpaired) electrons. The van der Waals surface area contributed by atoms with Crippen LogP contribution >= 0.6 is 0 Å². The first kappa shape index (κ1) is 20.5. The molecule has 1 amide bonds. The van der Waals surface area contributed by atoms with Crippen molar-refractivity contribution in [2.45, 2.75) is 51.1 Å². The van der Waals surface area contributed by atoms with E-state index in [1.807, 2.05) is 6.07 Å². The highest BCUT2D eigenvalue weighted by Gasteiger charge is 2.31. The third-order valence-electron chi connectivity index (χ3n) is 7.00. The molecule has 0 spiro atoms. The Morgan fingerprint density at radius 3 is 3.00 bits per heavy atom. The van der Waals surface area contributed by atoms with Crippen LogP contribution in [0.4, 0.5) is 0 Å². The third-order valence-corrected chi connectivity index (χ3v) is 7.00. The number of hydrogen-bond donors (Lipinski definition) is 1. The molecule has 3 aliphatic rings. The maximum atomic E-state index is 13.1. The molecule has 0 bridgehead atoms. The van der Waals surface area contributed by atoms with Crippen molar-refractivity contribution in [1.29, 1.82) is 0 Å². The maximum absolute atomic E-state index is 13.1. The molecule has 4 heterocycles. The van der Waals surface area contributed by atoms with Crippen LogP contribution in [-0.2, 0) is 22.5 Å². The minimum absolute atomic E-state index is 0.0351. The van der Waals surface area contributed by atoms with Crippen LogP contribution in [-0.4, -0.2) is 63.7 Å². The molecule has 31 heavy (non-hydrogen) atoms. The Hall–Kier alpha value is -2.45. The number of rotatable bonds is 5. The molecule has 1 aliphatic carbocycles. The molecule has 5 rings (SSSR count). The van der Waals surface area contributed by atoms with E-state index in [0.29, 0.717) is 42.5 Å². The van der Waals surface area contributed by atoms with E-state index in [9.17, 15) is 9.59 Å². The highest BCUT2D eigenvalue weighted by Crippen LogP contribution is 2.33. The van der Waals surface area contributed by atoms with Gasteiger partial charge in [0.25, 0.3) is 5.56 Å². The Bertz CT molecular complexity index is 1060. The summed E-state index contributed by atoms with van der Waals surface area (Å²) >= 11 is 0. The summed E-state index contributed by atoms with van der Waals surface area (Å²) in [5.74, 6) is 0.655. The molecular formula is C23H31N5O3. The molecule has 0 unspecified atom stereocenters. The molecule has 2 aromatic rings. The summed E-state index contributed by atoms with van der Waals surface area (Å²) in [6, 6.07) is 2.34. The van der Waals surface area contributed by atoms with Crippen molar-refractivity contribution in [1.82, 2.24) is 24.4 Å². The van der Waals surface area contributed by atoms with E-state index >= 15 is 0 Å². The Balaban J connectivity index is 1.40. The van der Waals surface area contributed by atoms with Crippen LogP contribution in [0.25, 0.3) is 5.65 Å². The molecule has 166 valence electrons. The Labute approximate surface area is 181 Å². The smallest absolute Gasteiger partial charge is 0.276 e. The van der Waals surface area contributed by atoms with E-state index in [1.165, 1.54) is 32.8 Å². The second kappa shape index (κ2) is 8.59. The van der Waals surface area contributed by atoms with Crippen LogP contribution in [0, 0.1) is 5.92 Å². The lowest BCUT2D eigenvalue weighted by molar-refractivity contribution is -0.136. The summed E-state index contributed by atoms with van der Waals surface area (Å²) < 4.78 is 6.57. The molecule has 8 heteroatoms. The Morgan fingerprint density at radius 2 is 2.19 bits per heavy atom. The summed E-state index contributed by atoms with van der Waals surface area (Å²) in [7, 11) is 1.52. The van der Waals surface area contributed by atoms with Gasteiger partial charge in [-0.2, -0.15) is 0 Å². The van der Waals surface area contributed by atoms with Gasteiger partial charge in [-0.05, 0) is 51.0 Å². The molecule has 1 saturated heterocycles. The molecule has 2 atom stereocenters. The lowest BCUT2D eigenvalue weighted by atomic mass is 9.93. The summed E-state index contributed by atoms with van der Waals surface area (Å²) in [4.78, 5) is 34.4. The Kier molecular flexibility index (Phi) is 5.67. The highest BCUT2D eigenvalue weighted by molar-refractivity contribution is 5.77. The fourth-order valence-corrected chi connectivity index (χ4v) is 5.36. The zero-order valence-corrected chi connectivity index (χ0v) is 18.2. The van der Waals surface area contributed by atoms with Gasteiger partial charge in [-0.15, -0.1) is 0 Å². The predicted molar refractivity (Wildman–Crippen MR) is 117 cm³/mol. The van der Waals surface area contributed by atoms with Crippen molar-refractivity contribution < 1.29 is 9.53 Å². The van der Waals surface area contributed by atoms with Crippen LogP contribution in [0.1, 0.15) is 55.1 Å². The predicted octanol–water partition coefficient (Wildman–Crippen LogP) is 2.05. The van der Waals surface area contributed by atoms with Crippen molar-refractivity contribution in [3.63, 3.8) is 0 Å². The average Bonchev–Trinajstić information content (AvgIpc) is 3.41. The normalized spacial score (nSPS) is 24.1. The van der Waals surface area contributed by atoms with Crippen molar-refractivity contribution in [2.24, 2.45) is 5.92 Å². The first-order chi connectivity index (χ1) is 15.1. The van der Waals surface area contributed by atoms with Crippen LogP contribution in [0.5, 0.6) is 0 Å². The number of aromatic nitrogens is 3. The van der Waals surface area contributed by atoms with Gasteiger partial charge in [0, 0.05) is 31.8 Å². The number of H-pyrrole nitrogens is 1. The molecule has 2 aliphatic heterocycles. The number of methoxy groups -OCH3 is 1. The monoisotopic (exact) mass is 425 g/mol. The topological polar surface area (TPSA) is 82.9 Å².